The van der Waals surface area contributed by atoms with Gasteiger partial charge in [0.1, 0.15) is 0 Å². The number of hydrogen-bond donors (Lipinski definition) is 0. The summed E-state index contributed by atoms with van der Waals surface area (Å²) in [5.74, 6) is 1.40. The van der Waals surface area contributed by atoms with Gasteiger partial charge in [0, 0.05) is 11.8 Å². The van der Waals surface area contributed by atoms with Gasteiger partial charge in [-0.2, -0.15) is 0 Å². The summed E-state index contributed by atoms with van der Waals surface area (Å²) in [7, 11) is 0. The van der Waals surface area contributed by atoms with Crippen LogP contribution in [0.1, 0.15) is 51.4 Å². The van der Waals surface area contributed by atoms with Gasteiger partial charge in [-0.25, -0.2) is 4.79 Å². The predicted octanol–water partition coefficient (Wildman–Crippen LogP) is 4.74. The van der Waals surface area contributed by atoms with Gasteiger partial charge < -0.3 is 9.47 Å². The molecule has 0 aliphatic carbocycles. The van der Waals surface area contributed by atoms with E-state index in [1.165, 1.54) is 0 Å². The van der Waals surface area contributed by atoms with Gasteiger partial charge in [0.2, 0.25) is 0 Å². The third-order valence-electron chi connectivity index (χ3n) is 2.50. The lowest BCUT2D eigenvalue weighted by molar-refractivity contribution is 0.0529. The van der Waals surface area contributed by atoms with Crippen LogP contribution in [-0.2, 0) is 9.47 Å². The van der Waals surface area contributed by atoms with E-state index in [2.05, 4.69) is 0 Å². The molecule has 0 rings (SSSR count). The number of ether oxygens (including phenoxy) is 2. The first kappa shape index (κ1) is 17.8. The van der Waals surface area contributed by atoms with E-state index in [0.29, 0.717) is 25.0 Å². The van der Waals surface area contributed by atoms with E-state index in [0.717, 1.165) is 51.4 Å². The highest BCUT2D eigenvalue weighted by Gasteiger charge is 2.02. The normalized spacial score (nSPS) is 10.3. The van der Waals surface area contributed by atoms with Crippen molar-refractivity contribution in [1.29, 1.82) is 0 Å². The molecule has 0 atom stereocenters. The maximum atomic E-state index is 11.1. The zero-order chi connectivity index (χ0) is 13.5. The van der Waals surface area contributed by atoms with Crippen molar-refractivity contribution in [3.8, 4) is 0 Å². The summed E-state index contributed by atoms with van der Waals surface area (Å²) in [5.41, 5.74) is 0. The summed E-state index contributed by atoms with van der Waals surface area (Å²) in [4.78, 5) is 11.1. The Morgan fingerprint density at radius 2 is 1.06 bits per heavy atom. The van der Waals surface area contributed by atoms with Crippen molar-refractivity contribution in [2.75, 3.05) is 25.0 Å². The molecule has 0 amide bonds. The minimum Gasteiger partial charge on any atom is -0.434 e. The zero-order valence-corrected chi connectivity index (χ0v) is 12.5. The molecule has 0 bridgehead atoms. The van der Waals surface area contributed by atoms with Gasteiger partial charge in [-0.05, 0) is 25.7 Å². The number of alkyl halides is 2. The van der Waals surface area contributed by atoms with Gasteiger partial charge in [0.05, 0.1) is 13.2 Å². The van der Waals surface area contributed by atoms with E-state index < -0.39 is 6.16 Å². The summed E-state index contributed by atoms with van der Waals surface area (Å²) in [6, 6.07) is 0. The third kappa shape index (κ3) is 13.9. The van der Waals surface area contributed by atoms with Crippen LogP contribution in [0.25, 0.3) is 0 Å². The Balaban J connectivity index is 3.12. The van der Waals surface area contributed by atoms with Crippen LogP contribution in [0.15, 0.2) is 0 Å². The van der Waals surface area contributed by atoms with Crippen LogP contribution in [0.2, 0.25) is 0 Å². The SMILES string of the molecule is O=C(OCCCCCCCl)OCCCCCCCl. The summed E-state index contributed by atoms with van der Waals surface area (Å²) in [6.07, 6.45) is 7.50. The molecule has 18 heavy (non-hydrogen) atoms. The highest BCUT2D eigenvalue weighted by atomic mass is 35.5. The standard InChI is InChI=1S/C13H24Cl2O3/c14-9-5-1-3-7-11-17-13(16)18-12-8-4-2-6-10-15/h1-12H2. The molecule has 0 aromatic carbocycles. The van der Waals surface area contributed by atoms with Crippen LogP contribution in [-0.4, -0.2) is 31.1 Å². The molecule has 108 valence electrons. The molecule has 0 aliphatic rings. The van der Waals surface area contributed by atoms with Crippen molar-refractivity contribution in [3.05, 3.63) is 0 Å². The van der Waals surface area contributed by atoms with Crippen LogP contribution >= 0.6 is 23.2 Å². The molecule has 0 aliphatic heterocycles. The first-order valence-electron chi connectivity index (χ1n) is 6.72. The van der Waals surface area contributed by atoms with Gasteiger partial charge >= 0.3 is 6.16 Å². The van der Waals surface area contributed by atoms with Crippen molar-refractivity contribution in [2.24, 2.45) is 0 Å². The Bertz CT molecular complexity index is 171. The summed E-state index contributed by atoms with van der Waals surface area (Å²) < 4.78 is 9.87. The second-order valence-corrected chi connectivity index (χ2v) is 4.91. The Hall–Kier alpha value is -0.150. The lowest BCUT2D eigenvalue weighted by Gasteiger charge is -2.06. The van der Waals surface area contributed by atoms with Crippen LogP contribution in [0, 0.1) is 0 Å². The highest BCUT2D eigenvalue weighted by Crippen LogP contribution is 2.03. The van der Waals surface area contributed by atoms with Crippen molar-refractivity contribution >= 4 is 29.4 Å². The fourth-order valence-corrected chi connectivity index (χ4v) is 1.83. The summed E-state index contributed by atoms with van der Waals surface area (Å²) >= 11 is 11.1. The molecule has 0 unspecified atom stereocenters. The molecule has 5 heteroatoms. The molecule has 0 saturated carbocycles. The lowest BCUT2D eigenvalue weighted by Crippen LogP contribution is -2.09. The van der Waals surface area contributed by atoms with Crippen LogP contribution in [0.5, 0.6) is 0 Å². The monoisotopic (exact) mass is 298 g/mol. The number of unbranched alkanes of at least 4 members (excludes halogenated alkanes) is 6. The lowest BCUT2D eigenvalue weighted by atomic mass is 10.2. The minimum atomic E-state index is -0.551. The molecular weight excluding hydrogens is 275 g/mol. The molecule has 0 fully saturated rings. The fraction of sp³-hybridized carbons (Fsp3) is 0.923. The van der Waals surface area contributed by atoms with Gasteiger partial charge in [-0.1, -0.05) is 25.7 Å². The number of halogens is 2. The minimum absolute atomic E-state index is 0.438. The van der Waals surface area contributed by atoms with Crippen LogP contribution in [0.4, 0.5) is 4.79 Å². The smallest absolute Gasteiger partial charge is 0.434 e. The Morgan fingerprint density at radius 3 is 1.44 bits per heavy atom. The first-order chi connectivity index (χ1) is 8.81. The van der Waals surface area contributed by atoms with E-state index in [9.17, 15) is 4.79 Å². The topological polar surface area (TPSA) is 35.5 Å². The molecule has 0 saturated heterocycles. The quantitative estimate of drug-likeness (QED) is 0.297. The van der Waals surface area contributed by atoms with E-state index in [1.807, 2.05) is 0 Å². The molecule has 0 N–H and O–H groups in total. The number of hydrogen-bond acceptors (Lipinski definition) is 3. The Morgan fingerprint density at radius 1 is 0.667 bits per heavy atom. The van der Waals surface area contributed by atoms with E-state index in [-0.39, 0.29) is 0 Å². The third-order valence-corrected chi connectivity index (χ3v) is 3.03. The van der Waals surface area contributed by atoms with Crippen LogP contribution in [0.3, 0.4) is 0 Å². The molecule has 0 aromatic rings. The molecule has 0 radical (unpaired) electrons. The van der Waals surface area contributed by atoms with E-state index in [4.69, 9.17) is 32.7 Å². The van der Waals surface area contributed by atoms with Gasteiger partial charge in [0.25, 0.3) is 0 Å². The summed E-state index contributed by atoms with van der Waals surface area (Å²) in [5, 5.41) is 0. The average molecular weight is 299 g/mol. The van der Waals surface area contributed by atoms with Gasteiger partial charge in [-0.15, -0.1) is 23.2 Å². The summed E-state index contributed by atoms with van der Waals surface area (Å²) in [6.45, 7) is 0.876. The van der Waals surface area contributed by atoms with E-state index >= 15 is 0 Å². The Kier molecular flexibility index (Phi) is 14.8. The average Bonchev–Trinajstić information content (AvgIpc) is 2.38. The molecule has 3 nitrogen and oxygen atoms in total. The van der Waals surface area contributed by atoms with Crippen molar-refractivity contribution in [3.63, 3.8) is 0 Å². The highest BCUT2D eigenvalue weighted by molar-refractivity contribution is 6.18. The number of carbonyl (C=O) groups is 1. The molecule has 0 spiro atoms. The molecule has 0 aromatic heterocycles. The van der Waals surface area contributed by atoms with Crippen molar-refractivity contribution in [1.82, 2.24) is 0 Å². The van der Waals surface area contributed by atoms with Crippen molar-refractivity contribution in [2.45, 2.75) is 51.4 Å². The van der Waals surface area contributed by atoms with E-state index in [1.54, 1.807) is 0 Å². The second-order valence-electron chi connectivity index (χ2n) is 4.15. The fourth-order valence-electron chi connectivity index (χ4n) is 1.45. The first-order valence-corrected chi connectivity index (χ1v) is 7.79. The Labute approximate surface area is 120 Å². The zero-order valence-electron chi connectivity index (χ0n) is 11.0. The van der Waals surface area contributed by atoms with Crippen molar-refractivity contribution < 1.29 is 14.3 Å². The largest absolute Gasteiger partial charge is 0.508 e. The number of carbonyl (C=O) groups excluding carboxylic acids is 1. The maximum absolute atomic E-state index is 11.1. The molecular formula is C13H24Cl2O3. The molecule has 0 heterocycles. The predicted molar refractivity (Wildman–Crippen MR) is 75.7 cm³/mol. The van der Waals surface area contributed by atoms with Gasteiger partial charge in [0.15, 0.2) is 0 Å². The number of rotatable bonds is 12. The maximum Gasteiger partial charge on any atom is 0.508 e. The second kappa shape index (κ2) is 14.9. The van der Waals surface area contributed by atoms with Crippen LogP contribution < -0.4 is 0 Å². The van der Waals surface area contributed by atoms with Gasteiger partial charge in [-0.3, -0.25) is 0 Å².